The molecular weight excluding hydrogens is 332 g/mol. The van der Waals surface area contributed by atoms with Crippen molar-refractivity contribution in [2.24, 2.45) is 0 Å². The Morgan fingerprint density at radius 1 is 1.27 bits per heavy atom. The Balaban J connectivity index is 1.38. The standard InChI is InChI=1S/C18H26N6O2/c1-13-3-4-16-19-20-17(24(16)21-13)15-5-8-22(9-6-15)11-18(26)7-10-23(12-18)14(2)25/h3-4,15,26H,5-12H2,1-2H3. The molecule has 26 heavy (non-hydrogen) atoms. The van der Waals surface area contributed by atoms with E-state index in [9.17, 15) is 9.90 Å². The van der Waals surface area contributed by atoms with Gasteiger partial charge in [0, 0.05) is 25.9 Å². The maximum Gasteiger partial charge on any atom is 0.219 e. The molecule has 4 rings (SSSR count). The van der Waals surface area contributed by atoms with Crippen LogP contribution in [0.3, 0.4) is 0 Å². The summed E-state index contributed by atoms with van der Waals surface area (Å²) in [5.74, 6) is 1.31. The van der Waals surface area contributed by atoms with Gasteiger partial charge >= 0.3 is 0 Å². The third kappa shape index (κ3) is 3.31. The Bertz CT molecular complexity index is 813. The number of amides is 1. The van der Waals surface area contributed by atoms with Crippen molar-refractivity contribution in [2.45, 2.75) is 44.6 Å². The summed E-state index contributed by atoms with van der Waals surface area (Å²) in [6, 6.07) is 3.90. The number of likely N-dealkylation sites (tertiary alicyclic amines) is 2. The quantitative estimate of drug-likeness (QED) is 0.864. The molecule has 4 heterocycles. The zero-order chi connectivity index (χ0) is 18.3. The molecule has 0 radical (unpaired) electrons. The van der Waals surface area contributed by atoms with Crippen LogP contribution in [0.5, 0.6) is 0 Å². The number of hydrogen-bond donors (Lipinski definition) is 1. The van der Waals surface area contributed by atoms with Gasteiger partial charge in [-0.3, -0.25) is 4.79 Å². The zero-order valence-corrected chi connectivity index (χ0v) is 15.4. The molecule has 2 aliphatic heterocycles. The second-order valence-electron chi connectivity index (χ2n) is 7.77. The number of aliphatic hydroxyl groups is 1. The Hall–Kier alpha value is -2.06. The van der Waals surface area contributed by atoms with Crippen molar-refractivity contribution in [1.82, 2.24) is 29.6 Å². The normalized spacial score (nSPS) is 25.3. The highest BCUT2D eigenvalue weighted by molar-refractivity contribution is 5.73. The van der Waals surface area contributed by atoms with Gasteiger partial charge in [-0.1, -0.05) is 0 Å². The topological polar surface area (TPSA) is 86.9 Å². The Labute approximate surface area is 152 Å². The zero-order valence-electron chi connectivity index (χ0n) is 15.4. The maximum absolute atomic E-state index is 11.5. The second kappa shape index (κ2) is 6.59. The van der Waals surface area contributed by atoms with E-state index >= 15 is 0 Å². The van der Waals surface area contributed by atoms with Crippen molar-refractivity contribution in [3.63, 3.8) is 0 Å². The van der Waals surface area contributed by atoms with E-state index < -0.39 is 5.60 Å². The van der Waals surface area contributed by atoms with Gasteiger partial charge in [0.25, 0.3) is 0 Å². The lowest BCUT2D eigenvalue weighted by atomic mass is 9.94. The average Bonchev–Trinajstić information content (AvgIpc) is 3.19. The van der Waals surface area contributed by atoms with Gasteiger partial charge in [-0.05, 0) is 51.4 Å². The van der Waals surface area contributed by atoms with Gasteiger partial charge in [-0.15, -0.1) is 10.2 Å². The van der Waals surface area contributed by atoms with Crippen molar-refractivity contribution in [2.75, 3.05) is 32.7 Å². The molecule has 8 heteroatoms. The van der Waals surface area contributed by atoms with E-state index in [1.807, 2.05) is 23.6 Å². The third-order valence-corrected chi connectivity index (χ3v) is 5.67. The van der Waals surface area contributed by atoms with Crippen LogP contribution >= 0.6 is 0 Å². The summed E-state index contributed by atoms with van der Waals surface area (Å²) in [7, 11) is 0. The maximum atomic E-state index is 11.5. The third-order valence-electron chi connectivity index (χ3n) is 5.67. The fourth-order valence-electron chi connectivity index (χ4n) is 4.17. The molecule has 2 aromatic rings. The highest BCUT2D eigenvalue weighted by Crippen LogP contribution is 2.29. The van der Waals surface area contributed by atoms with E-state index in [1.165, 1.54) is 0 Å². The molecular formula is C18H26N6O2. The highest BCUT2D eigenvalue weighted by Gasteiger charge is 2.39. The van der Waals surface area contributed by atoms with Crippen LogP contribution in [0.25, 0.3) is 5.65 Å². The first-order valence-corrected chi connectivity index (χ1v) is 9.33. The summed E-state index contributed by atoms with van der Waals surface area (Å²) in [5.41, 5.74) is 0.964. The minimum Gasteiger partial charge on any atom is -0.387 e. The molecule has 1 amide bonds. The molecule has 0 spiro atoms. The minimum atomic E-state index is -0.779. The average molecular weight is 358 g/mol. The van der Waals surface area contributed by atoms with Gasteiger partial charge < -0.3 is 14.9 Å². The Morgan fingerprint density at radius 2 is 2.04 bits per heavy atom. The number of β-amino-alcohol motifs (C(OH)–C–C–N with tert-alkyl or cyclic N) is 1. The SMILES string of the molecule is CC(=O)N1CCC(O)(CN2CCC(c3nnc4ccc(C)nn34)CC2)C1. The number of aromatic nitrogens is 4. The number of aryl methyl sites for hydroxylation is 1. The molecule has 2 aliphatic rings. The summed E-state index contributed by atoms with van der Waals surface area (Å²) in [5, 5.41) is 24.0. The first-order chi connectivity index (χ1) is 12.4. The summed E-state index contributed by atoms with van der Waals surface area (Å²) >= 11 is 0. The molecule has 2 fully saturated rings. The van der Waals surface area contributed by atoms with Crippen LogP contribution in [0, 0.1) is 6.92 Å². The predicted octanol–water partition coefficient (Wildman–Crippen LogP) is 0.595. The van der Waals surface area contributed by atoms with Crippen molar-refractivity contribution in [3.05, 3.63) is 23.7 Å². The number of carbonyl (C=O) groups is 1. The van der Waals surface area contributed by atoms with Gasteiger partial charge in [-0.2, -0.15) is 9.61 Å². The predicted molar refractivity (Wildman–Crippen MR) is 95.8 cm³/mol. The monoisotopic (exact) mass is 358 g/mol. The summed E-state index contributed by atoms with van der Waals surface area (Å²) in [4.78, 5) is 15.6. The molecule has 2 saturated heterocycles. The number of hydrogen-bond acceptors (Lipinski definition) is 6. The molecule has 0 bridgehead atoms. The first kappa shape index (κ1) is 17.4. The van der Waals surface area contributed by atoms with E-state index in [2.05, 4.69) is 20.2 Å². The van der Waals surface area contributed by atoms with Gasteiger partial charge in [0.1, 0.15) is 0 Å². The van der Waals surface area contributed by atoms with Crippen molar-refractivity contribution < 1.29 is 9.90 Å². The van der Waals surface area contributed by atoms with Crippen molar-refractivity contribution >= 4 is 11.6 Å². The molecule has 1 atom stereocenters. The van der Waals surface area contributed by atoms with Crippen molar-refractivity contribution in [3.8, 4) is 0 Å². The Morgan fingerprint density at radius 3 is 2.73 bits per heavy atom. The molecule has 1 N–H and O–H groups in total. The second-order valence-corrected chi connectivity index (χ2v) is 7.77. The number of nitrogens with zero attached hydrogens (tertiary/aromatic N) is 6. The van der Waals surface area contributed by atoms with Crippen LogP contribution in [0.15, 0.2) is 12.1 Å². The summed E-state index contributed by atoms with van der Waals surface area (Å²) in [6.45, 7) is 7.08. The lowest BCUT2D eigenvalue weighted by Crippen LogP contribution is -2.47. The number of fused-ring (bicyclic) bond motifs is 1. The van der Waals surface area contributed by atoms with Gasteiger partial charge in [-0.25, -0.2) is 0 Å². The molecule has 140 valence electrons. The molecule has 1 unspecified atom stereocenters. The number of carbonyl (C=O) groups excluding carboxylic acids is 1. The van der Waals surface area contributed by atoms with E-state index in [1.54, 1.807) is 11.8 Å². The smallest absolute Gasteiger partial charge is 0.219 e. The van der Waals surface area contributed by atoms with Crippen LogP contribution in [-0.4, -0.2) is 78.9 Å². The lowest BCUT2D eigenvalue weighted by molar-refractivity contribution is -0.129. The molecule has 0 aliphatic carbocycles. The van der Waals surface area contributed by atoms with Crippen LogP contribution in [0.2, 0.25) is 0 Å². The van der Waals surface area contributed by atoms with E-state index in [0.717, 1.165) is 43.1 Å². The summed E-state index contributed by atoms with van der Waals surface area (Å²) in [6.07, 6.45) is 2.61. The molecule has 0 saturated carbocycles. The fourth-order valence-corrected chi connectivity index (χ4v) is 4.17. The fraction of sp³-hybridized carbons (Fsp3) is 0.667. The van der Waals surface area contributed by atoms with Gasteiger partial charge in [0.15, 0.2) is 11.5 Å². The number of rotatable bonds is 3. The first-order valence-electron chi connectivity index (χ1n) is 9.33. The van der Waals surface area contributed by atoms with Crippen LogP contribution in [0.1, 0.15) is 43.6 Å². The summed E-state index contributed by atoms with van der Waals surface area (Å²) < 4.78 is 1.87. The molecule has 8 nitrogen and oxygen atoms in total. The van der Waals surface area contributed by atoms with E-state index in [4.69, 9.17) is 0 Å². The van der Waals surface area contributed by atoms with Gasteiger partial charge in [0.2, 0.25) is 5.91 Å². The van der Waals surface area contributed by atoms with Crippen LogP contribution < -0.4 is 0 Å². The highest BCUT2D eigenvalue weighted by atomic mass is 16.3. The lowest BCUT2D eigenvalue weighted by Gasteiger charge is -2.36. The van der Waals surface area contributed by atoms with E-state index in [0.29, 0.717) is 32.0 Å². The minimum absolute atomic E-state index is 0.0427. The number of piperidine rings is 1. The van der Waals surface area contributed by atoms with Crippen LogP contribution in [0.4, 0.5) is 0 Å². The van der Waals surface area contributed by atoms with E-state index in [-0.39, 0.29) is 5.91 Å². The van der Waals surface area contributed by atoms with Crippen LogP contribution in [-0.2, 0) is 4.79 Å². The molecule has 2 aromatic heterocycles. The largest absolute Gasteiger partial charge is 0.387 e. The van der Waals surface area contributed by atoms with Crippen molar-refractivity contribution in [1.29, 1.82) is 0 Å². The Kier molecular flexibility index (Phi) is 4.40. The van der Waals surface area contributed by atoms with Gasteiger partial charge in [0.05, 0.1) is 17.8 Å². The molecule has 0 aromatic carbocycles.